The Balaban J connectivity index is 2.92. The molecule has 0 aliphatic carbocycles. The highest BCUT2D eigenvalue weighted by molar-refractivity contribution is 9.09. The predicted octanol–water partition coefficient (Wildman–Crippen LogP) is 1.12. The van der Waals surface area contributed by atoms with Crippen molar-refractivity contribution in [1.82, 2.24) is 14.5 Å². The topological polar surface area (TPSA) is 64.0 Å². The molecule has 16 heavy (non-hydrogen) atoms. The summed E-state index contributed by atoms with van der Waals surface area (Å²) in [6.07, 6.45) is 1.47. The molecule has 7 heteroatoms. The molecular weight excluding hydrogens is 294 g/mol. The van der Waals surface area contributed by atoms with Gasteiger partial charge in [-0.2, -0.15) is 5.10 Å². The number of nitrogens with zero attached hydrogens (tertiary/aromatic N) is 2. The molecule has 0 aromatic carbocycles. The van der Waals surface area contributed by atoms with E-state index in [2.05, 4.69) is 25.8 Å². The van der Waals surface area contributed by atoms with Crippen LogP contribution in [0.1, 0.15) is 13.8 Å². The Hall–Kier alpha value is -0.400. The van der Waals surface area contributed by atoms with Gasteiger partial charge < -0.3 is 0 Å². The second kappa shape index (κ2) is 5.29. The Morgan fingerprint density at radius 3 is 2.56 bits per heavy atom. The van der Waals surface area contributed by atoms with Crippen molar-refractivity contribution < 1.29 is 8.42 Å². The molecule has 1 N–H and O–H groups in total. The lowest BCUT2D eigenvalue weighted by Crippen LogP contribution is -2.40. The van der Waals surface area contributed by atoms with Crippen LogP contribution < -0.4 is 4.72 Å². The van der Waals surface area contributed by atoms with Crippen LogP contribution in [0.5, 0.6) is 0 Å². The third-order valence-electron chi connectivity index (χ3n) is 2.33. The molecule has 5 nitrogen and oxygen atoms in total. The Kier molecular flexibility index (Phi) is 4.52. The number of rotatable bonds is 5. The minimum absolute atomic E-state index is 0.125. The molecule has 0 radical (unpaired) electrons. The summed E-state index contributed by atoms with van der Waals surface area (Å²) in [6.45, 7) is 3.94. The maximum atomic E-state index is 12.0. The summed E-state index contributed by atoms with van der Waals surface area (Å²) in [5.74, 6) is 0.224. The van der Waals surface area contributed by atoms with Crippen LogP contribution in [0.2, 0.25) is 0 Å². The average molecular weight is 310 g/mol. The molecule has 0 bridgehead atoms. The van der Waals surface area contributed by atoms with Crippen molar-refractivity contribution in [3.63, 3.8) is 0 Å². The van der Waals surface area contributed by atoms with Crippen molar-refractivity contribution in [2.75, 3.05) is 5.33 Å². The van der Waals surface area contributed by atoms with Crippen LogP contribution in [0.3, 0.4) is 0 Å². The van der Waals surface area contributed by atoms with E-state index in [-0.39, 0.29) is 17.0 Å². The highest BCUT2D eigenvalue weighted by Gasteiger charge is 2.23. The third-order valence-corrected chi connectivity index (χ3v) is 4.59. The van der Waals surface area contributed by atoms with Crippen molar-refractivity contribution in [2.24, 2.45) is 13.0 Å². The van der Waals surface area contributed by atoms with E-state index in [0.29, 0.717) is 5.33 Å². The summed E-state index contributed by atoms with van der Waals surface area (Å²) in [7, 11) is -1.88. The fraction of sp³-hybridized carbons (Fsp3) is 0.667. The normalized spacial score (nSPS) is 14.3. The van der Waals surface area contributed by atoms with Gasteiger partial charge in [-0.1, -0.05) is 29.8 Å². The van der Waals surface area contributed by atoms with E-state index in [9.17, 15) is 8.42 Å². The van der Waals surface area contributed by atoms with Gasteiger partial charge in [0, 0.05) is 18.4 Å². The Labute approximate surface area is 104 Å². The lowest BCUT2D eigenvalue weighted by Gasteiger charge is -2.19. The van der Waals surface area contributed by atoms with E-state index in [1.807, 2.05) is 13.8 Å². The standard InChI is InChI=1S/C9H16BrN3O2S/c1-7(2)8(6-10)12-16(14,15)9-4-5-11-13(9)3/h4-5,7-8,12H,6H2,1-3H3. The van der Waals surface area contributed by atoms with Crippen LogP contribution in [-0.4, -0.2) is 29.6 Å². The van der Waals surface area contributed by atoms with E-state index in [0.717, 1.165) is 0 Å². The zero-order chi connectivity index (χ0) is 12.3. The summed E-state index contributed by atoms with van der Waals surface area (Å²) in [5.41, 5.74) is 0. The summed E-state index contributed by atoms with van der Waals surface area (Å²) >= 11 is 3.30. The first-order valence-electron chi connectivity index (χ1n) is 4.94. The molecule has 1 atom stereocenters. The largest absolute Gasteiger partial charge is 0.257 e. The van der Waals surface area contributed by atoms with Crippen LogP contribution in [0.4, 0.5) is 0 Å². The lowest BCUT2D eigenvalue weighted by molar-refractivity contribution is 0.479. The minimum atomic E-state index is -3.48. The van der Waals surface area contributed by atoms with Crippen LogP contribution in [-0.2, 0) is 17.1 Å². The number of sulfonamides is 1. The van der Waals surface area contributed by atoms with Gasteiger partial charge in [-0.25, -0.2) is 13.1 Å². The molecule has 0 spiro atoms. The number of alkyl halides is 1. The Morgan fingerprint density at radius 1 is 1.56 bits per heavy atom. The monoisotopic (exact) mass is 309 g/mol. The van der Waals surface area contributed by atoms with Gasteiger partial charge in [0.25, 0.3) is 10.0 Å². The smallest absolute Gasteiger partial charge is 0.256 e. The zero-order valence-electron chi connectivity index (χ0n) is 9.51. The van der Waals surface area contributed by atoms with Crippen molar-refractivity contribution in [2.45, 2.75) is 24.9 Å². The number of aromatic nitrogens is 2. The molecule has 0 saturated heterocycles. The van der Waals surface area contributed by atoms with Crippen molar-refractivity contribution in [3.05, 3.63) is 12.3 Å². The van der Waals surface area contributed by atoms with Gasteiger partial charge in [-0.15, -0.1) is 0 Å². The number of hydrogen-bond donors (Lipinski definition) is 1. The average Bonchev–Trinajstić information content (AvgIpc) is 2.61. The third kappa shape index (κ3) is 3.05. The maximum Gasteiger partial charge on any atom is 0.257 e. The van der Waals surface area contributed by atoms with Gasteiger partial charge in [0.05, 0.1) is 6.20 Å². The van der Waals surface area contributed by atoms with Crippen molar-refractivity contribution >= 4 is 26.0 Å². The van der Waals surface area contributed by atoms with Gasteiger partial charge in [0.1, 0.15) is 0 Å². The van der Waals surface area contributed by atoms with E-state index in [4.69, 9.17) is 0 Å². The first-order chi connectivity index (χ1) is 7.38. The first-order valence-corrected chi connectivity index (χ1v) is 7.55. The molecule has 0 amide bonds. The summed E-state index contributed by atoms with van der Waals surface area (Å²) in [6, 6.07) is 1.36. The number of hydrogen-bond acceptors (Lipinski definition) is 3. The Morgan fingerprint density at radius 2 is 2.19 bits per heavy atom. The zero-order valence-corrected chi connectivity index (χ0v) is 11.9. The molecule has 1 unspecified atom stereocenters. The highest BCUT2D eigenvalue weighted by Crippen LogP contribution is 2.11. The number of halogens is 1. The SMILES string of the molecule is CC(C)C(CBr)NS(=O)(=O)c1ccnn1C. The fourth-order valence-corrected chi connectivity index (χ4v) is 3.86. The van der Waals surface area contributed by atoms with Crippen molar-refractivity contribution in [3.8, 4) is 0 Å². The molecule has 1 aromatic rings. The van der Waals surface area contributed by atoms with E-state index in [1.165, 1.54) is 16.9 Å². The maximum absolute atomic E-state index is 12.0. The molecule has 1 rings (SSSR count). The molecule has 0 aliphatic heterocycles. The first kappa shape index (κ1) is 13.7. The van der Waals surface area contributed by atoms with Gasteiger partial charge >= 0.3 is 0 Å². The van der Waals surface area contributed by atoms with Crippen molar-refractivity contribution in [1.29, 1.82) is 0 Å². The van der Waals surface area contributed by atoms with Gasteiger partial charge in [-0.3, -0.25) is 4.68 Å². The summed E-state index contributed by atoms with van der Waals surface area (Å²) < 4.78 is 28.0. The molecule has 0 saturated carbocycles. The second-order valence-electron chi connectivity index (χ2n) is 3.92. The molecular formula is C9H16BrN3O2S. The van der Waals surface area contributed by atoms with E-state index < -0.39 is 10.0 Å². The summed E-state index contributed by atoms with van der Waals surface area (Å²) in [4.78, 5) is 0. The Bertz CT molecular complexity index is 441. The summed E-state index contributed by atoms with van der Waals surface area (Å²) in [5, 5.41) is 4.61. The van der Waals surface area contributed by atoms with E-state index in [1.54, 1.807) is 7.05 Å². The van der Waals surface area contributed by atoms with Gasteiger partial charge in [0.15, 0.2) is 5.03 Å². The lowest BCUT2D eigenvalue weighted by atomic mass is 10.1. The number of nitrogens with one attached hydrogen (secondary N) is 1. The van der Waals surface area contributed by atoms with E-state index >= 15 is 0 Å². The predicted molar refractivity (Wildman–Crippen MR) is 65.9 cm³/mol. The second-order valence-corrected chi connectivity index (χ2v) is 6.23. The van der Waals surface area contributed by atoms with Crippen LogP contribution in [0.15, 0.2) is 17.3 Å². The minimum Gasteiger partial charge on any atom is -0.256 e. The van der Waals surface area contributed by atoms with Gasteiger partial charge in [0.2, 0.25) is 0 Å². The quantitative estimate of drug-likeness (QED) is 0.829. The highest BCUT2D eigenvalue weighted by atomic mass is 79.9. The fourth-order valence-electron chi connectivity index (χ4n) is 1.23. The van der Waals surface area contributed by atoms with Crippen LogP contribution in [0.25, 0.3) is 0 Å². The van der Waals surface area contributed by atoms with Crippen LogP contribution in [0, 0.1) is 5.92 Å². The number of aryl methyl sites for hydroxylation is 1. The molecule has 1 heterocycles. The molecule has 0 aliphatic rings. The molecule has 1 aromatic heterocycles. The molecule has 0 fully saturated rings. The van der Waals surface area contributed by atoms with Gasteiger partial charge in [-0.05, 0) is 12.0 Å². The van der Waals surface area contributed by atoms with Crippen LogP contribution >= 0.6 is 15.9 Å². The molecule has 92 valence electrons.